The van der Waals surface area contributed by atoms with Crippen LogP contribution in [0.3, 0.4) is 0 Å². The van der Waals surface area contributed by atoms with Gasteiger partial charge in [0, 0.05) is 15.8 Å². The second kappa shape index (κ2) is 11.0. The minimum atomic E-state index is -0.495. The summed E-state index contributed by atoms with van der Waals surface area (Å²) < 4.78 is 5.78. The first-order chi connectivity index (χ1) is 19.1. The summed E-state index contributed by atoms with van der Waals surface area (Å²) in [4.78, 5) is 32.4. The van der Waals surface area contributed by atoms with Crippen LogP contribution in [-0.2, 0) is 12.8 Å². The van der Waals surface area contributed by atoms with E-state index in [4.69, 9.17) is 15.5 Å². The minimum absolute atomic E-state index is 0.0807. The normalized spacial score (nSPS) is 15.2. The number of nitrogens with one attached hydrogen (secondary N) is 1. The van der Waals surface area contributed by atoms with Crippen molar-refractivity contribution in [2.24, 2.45) is 17.1 Å². The molecule has 1 atom stereocenters. The predicted molar refractivity (Wildman–Crippen MR) is 163 cm³/mol. The van der Waals surface area contributed by atoms with Gasteiger partial charge in [0.25, 0.3) is 11.8 Å². The van der Waals surface area contributed by atoms with Crippen molar-refractivity contribution in [1.29, 1.82) is 0 Å². The molecule has 0 saturated heterocycles. The van der Waals surface area contributed by atoms with Crippen LogP contribution in [0.1, 0.15) is 78.6 Å². The fourth-order valence-corrected chi connectivity index (χ4v) is 6.88. The standard InChI is InChI=1S/C33H37N3O3S/c1-6-33(4,5)21-13-16-24-28(17-21)40-32(29(24)30(34)37)36-31(38)25-18-27(35-26-10-8-7-9-23(25)26)20-11-14-22(15-12-20)39-19(2)3/h7-12,14-15,18-19,21H,6,13,16-17H2,1-5H3,(H2,34,37)(H,36,38)/t21-/m1/s1. The van der Waals surface area contributed by atoms with Crippen molar-refractivity contribution in [2.75, 3.05) is 5.32 Å². The van der Waals surface area contributed by atoms with Crippen LogP contribution in [0.5, 0.6) is 5.75 Å². The largest absolute Gasteiger partial charge is 0.491 e. The molecule has 2 amide bonds. The number of hydrogen-bond donors (Lipinski definition) is 2. The van der Waals surface area contributed by atoms with E-state index in [1.54, 1.807) is 0 Å². The predicted octanol–water partition coefficient (Wildman–Crippen LogP) is 7.64. The summed E-state index contributed by atoms with van der Waals surface area (Å²) in [5.74, 6) is 0.524. The summed E-state index contributed by atoms with van der Waals surface area (Å²) in [7, 11) is 0. The molecule has 1 aliphatic carbocycles. The Morgan fingerprint density at radius 2 is 1.88 bits per heavy atom. The molecule has 0 radical (unpaired) electrons. The maximum absolute atomic E-state index is 13.8. The highest BCUT2D eigenvalue weighted by atomic mass is 32.1. The number of fused-ring (bicyclic) bond motifs is 2. The Morgan fingerprint density at radius 3 is 2.55 bits per heavy atom. The molecule has 0 fully saturated rings. The van der Waals surface area contributed by atoms with E-state index in [2.05, 4.69) is 26.1 Å². The van der Waals surface area contributed by atoms with Crippen molar-refractivity contribution in [2.45, 2.75) is 66.4 Å². The van der Waals surface area contributed by atoms with Gasteiger partial charge in [-0.3, -0.25) is 9.59 Å². The molecule has 0 spiro atoms. The average molecular weight is 556 g/mol. The Hall–Kier alpha value is -3.71. The van der Waals surface area contributed by atoms with E-state index in [0.717, 1.165) is 58.3 Å². The van der Waals surface area contributed by atoms with Crippen LogP contribution in [0, 0.1) is 11.3 Å². The van der Waals surface area contributed by atoms with Crippen molar-refractivity contribution in [1.82, 2.24) is 4.98 Å². The maximum atomic E-state index is 13.8. The van der Waals surface area contributed by atoms with Gasteiger partial charge < -0.3 is 15.8 Å². The monoisotopic (exact) mass is 555 g/mol. The highest BCUT2D eigenvalue weighted by molar-refractivity contribution is 7.17. The summed E-state index contributed by atoms with van der Waals surface area (Å²) in [6.07, 6.45) is 3.88. The molecule has 0 aliphatic heterocycles. The number of nitrogens with two attached hydrogens (primary N) is 1. The first-order valence-electron chi connectivity index (χ1n) is 14.0. The third kappa shape index (κ3) is 5.48. The average Bonchev–Trinajstić information content (AvgIpc) is 3.29. The first kappa shape index (κ1) is 27.8. The van der Waals surface area contributed by atoms with E-state index in [1.807, 2.05) is 68.4 Å². The summed E-state index contributed by atoms with van der Waals surface area (Å²) in [5, 5.41) is 4.35. The number of pyridine rings is 1. The smallest absolute Gasteiger partial charge is 0.257 e. The van der Waals surface area contributed by atoms with Crippen LogP contribution in [0.4, 0.5) is 5.00 Å². The van der Waals surface area contributed by atoms with Gasteiger partial charge in [-0.05, 0) is 86.4 Å². The molecule has 6 nitrogen and oxygen atoms in total. The van der Waals surface area contributed by atoms with Crippen LogP contribution >= 0.6 is 11.3 Å². The third-order valence-corrected chi connectivity index (χ3v) is 9.41. The summed E-state index contributed by atoms with van der Waals surface area (Å²) in [5.41, 5.74) is 10.3. The van der Waals surface area contributed by atoms with Gasteiger partial charge >= 0.3 is 0 Å². The Morgan fingerprint density at radius 1 is 1.15 bits per heavy atom. The highest BCUT2D eigenvalue weighted by Crippen LogP contribution is 2.45. The maximum Gasteiger partial charge on any atom is 0.257 e. The number of thiophene rings is 1. The number of carbonyl (C=O) groups is 2. The number of amides is 2. The molecule has 0 bridgehead atoms. The highest BCUT2D eigenvalue weighted by Gasteiger charge is 2.35. The topological polar surface area (TPSA) is 94.3 Å². The van der Waals surface area contributed by atoms with E-state index in [9.17, 15) is 9.59 Å². The van der Waals surface area contributed by atoms with Crippen molar-refractivity contribution in [3.63, 3.8) is 0 Å². The molecule has 1 aliphatic rings. The van der Waals surface area contributed by atoms with E-state index < -0.39 is 5.91 Å². The van der Waals surface area contributed by atoms with Crippen molar-refractivity contribution in [3.05, 3.63) is 76.2 Å². The number of rotatable bonds is 8. The molecule has 0 unspecified atom stereocenters. The molecule has 7 heteroatoms. The lowest BCUT2D eigenvalue weighted by Gasteiger charge is -2.36. The number of anilines is 1. The second-order valence-corrected chi connectivity index (χ2v) is 12.7. The van der Waals surface area contributed by atoms with Crippen LogP contribution in [0.15, 0.2) is 54.6 Å². The molecule has 2 aromatic carbocycles. The lowest BCUT2D eigenvalue weighted by molar-refractivity contribution is 0.0999. The van der Waals surface area contributed by atoms with Crippen LogP contribution < -0.4 is 15.8 Å². The minimum Gasteiger partial charge on any atom is -0.491 e. The summed E-state index contributed by atoms with van der Waals surface area (Å²) in [6.45, 7) is 10.8. The first-order valence-corrected chi connectivity index (χ1v) is 14.8. The lowest BCUT2D eigenvalue weighted by Crippen LogP contribution is -2.29. The second-order valence-electron chi connectivity index (χ2n) is 11.6. The number of hydrogen-bond acceptors (Lipinski definition) is 5. The Kier molecular flexibility index (Phi) is 7.69. The van der Waals surface area contributed by atoms with Crippen LogP contribution in [-0.4, -0.2) is 22.9 Å². The van der Waals surface area contributed by atoms with Gasteiger partial charge in [-0.15, -0.1) is 11.3 Å². The third-order valence-electron chi connectivity index (χ3n) is 8.24. The molecule has 40 heavy (non-hydrogen) atoms. The fraction of sp³-hybridized carbons (Fsp3) is 0.364. The van der Waals surface area contributed by atoms with E-state index in [0.29, 0.717) is 27.7 Å². The van der Waals surface area contributed by atoms with Crippen LogP contribution in [0.2, 0.25) is 0 Å². The van der Waals surface area contributed by atoms with Gasteiger partial charge in [-0.2, -0.15) is 0 Å². The van der Waals surface area contributed by atoms with E-state index >= 15 is 0 Å². The SMILES string of the molecule is CCC(C)(C)[C@@H]1CCc2c(sc(NC(=O)c3cc(-c4ccc(OC(C)C)cc4)nc4ccccc34)c2C(N)=O)C1. The van der Waals surface area contributed by atoms with Crippen molar-refractivity contribution in [3.8, 4) is 17.0 Å². The van der Waals surface area contributed by atoms with Gasteiger partial charge in [0.1, 0.15) is 10.8 Å². The van der Waals surface area contributed by atoms with Crippen LogP contribution in [0.25, 0.3) is 22.2 Å². The molecule has 2 heterocycles. The molecule has 0 saturated carbocycles. The number of para-hydroxylation sites is 1. The fourth-order valence-electron chi connectivity index (χ4n) is 5.55. The zero-order chi connectivity index (χ0) is 28.6. The number of carbonyl (C=O) groups excluding carboxylic acids is 2. The zero-order valence-corrected chi connectivity index (χ0v) is 24.7. The van der Waals surface area contributed by atoms with Crippen molar-refractivity contribution < 1.29 is 14.3 Å². The van der Waals surface area contributed by atoms with Gasteiger partial charge in [-0.25, -0.2) is 4.98 Å². The molecule has 5 rings (SSSR count). The lowest BCUT2D eigenvalue weighted by atomic mass is 9.69. The van der Waals surface area contributed by atoms with Gasteiger partial charge in [-0.1, -0.05) is 45.4 Å². The number of primary amides is 1. The molecule has 3 N–H and O–H groups in total. The molecule has 4 aromatic rings. The Balaban J connectivity index is 1.50. The van der Waals surface area contributed by atoms with Crippen molar-refractivity contribution >= 4 is 39.1 Å². The summed E-state index contributed by atoms with van der Waals surface area (Å²) >= 11 is 1.49. The van der Waals surface area contributed by atoms with E-state index in [-0.39, 0.29) is 17.4 Å². The number of benzene rings is 2. The molecule has 208 valence electrons. The zero-order valence-electron chi connectivity index (χ0n) is 23.8. The summed E-state index contributed by atoms with van der Waals surface area (Å²) in [6, 6.07) is 17.1. The molecular formula is C33H37N3O3S. The van der Waals surface area contributed by atoms with E-state index in [1.165, 1.54) is 11.3 Å². The van der Waals surface area contributed by atoms with Gasteiger partial charge in [0.05, 0.1) is 28.4 Å². The van der Waals surface area contributed by atoms with Gasteiger partial charge in [0.2, 0.25) is 0 Å². The Bertz CT molecular complexity index is 1570. The molecule has 2 aromatic heterocycles. The molecular weight excluding hydrogens is 518 g/mol. The number of nitrogens with zero attached hydrogens (tertiary/aromatic N) is 1. The number of aromatic nitrogens is 1. The Labute approximate surface area is 240 Å². The number of ether oxygens (including phenoxy) is 1. The quantitative estimate of drug-likeness (QED) is 0.234. The van der Waals surface area contributed by atoms with Gasteiger partial charge in [0.15, 0.2) is 0 Å².